The van der Waals surface area contributed by atoms with Gasteiger partial charge in [-0.05, 0) is 18.4 Å². The molecule has 0 aliphatic carbocycles. The molecular formula is C16H19NO3. The van der Waals surface area contributed by atoms with Crippen LogP contribution >= 0.6 is 0 Å². The molecule has 1 heterocycles. The van der Waals surface area contributed by atoms with Crippen LogP contribution in [0.1, 0.15) is 18.9 Å². The van der Waals surface area contributed by atoms with Crippen molar-refractivity contribution in [2.45, 2.75) is 25.5 Å². The maximum Gasteiger partial charge on any atom is 0.298 e. The summed E-state index contributed by atoms with van der Waals surface area (Å²) >= 11 is 0. The number of hydrogen-bond donors (Lipinski definition) is 1. The molecule has 0 bridgehead atoms. The molecular weight excluding hydrogens is 254 g/mol. The van der Waals surface area contributed by atoms with Gasteiger partial charge in [-0.3, -0.25) is 4.79 Å². The molecule has 0 aromatic heterocycles. The van der Waals surface area contributed by atoms with Gasteiger partial charge in [-0.25, -0.2) is 0 Å². The summed E-state index contributed by atoms with van der Waals surface area (Å²) in [5, 5.41) is 10.4. The van der Waals surface area contributed by atoms with Crippen LogP contribution < -0.4 is 0 Å². The van der Waals surface area contributed by atoms with E-state index in [1.54, 1.807) is 11.8 Å². The Bertz CT molecular complexity index is 510. The van der Waals surface area contributed by atoms with E-state index in [1.165, 1.54) is 0 Å². The molecule has 0 saturated carbocycles. The summed E-state index contributed by atoms with van der Waals surface area (Å²) in [5.74, 6) is 4.89. The molecule has 4 nitrogen and oxygen atoms in total. The molecule has 1 atom stereocenters. The van der Waals surface area contributed by atoms with Gasteiger partial charge in [0, 0.05) is 19.6 Å². The monoisotopic (exact) mass is 273 g/mol. The number of carbonyl (C=O) groups is 1. The summed E-state index contributed by atoms with van der Waals surface area (Å²) in [5.41, 5.74) is 0.0566. The van der Waals surface area contributed by atoms with E-state index >= 15 is 0 Å². The van der Waals surface area contributed by atoms with Gasteiger partial charge in [-0.2, -0.15) is 0 Å². The Morgan fingerprint density at radius 1 is 1.45 bits per heavy atom. The standard InChI is InChI=1S/C16H19NO3/c1-2-6-15(18)17(11-14-7-4-3-5-8-14)12-16(19)9-10-20-13-16/h3-5,7-8,19H,9-13H2,1H3. The van der Waals surface area contributed by atoms with Crippen molar-refractivity contribution in [2.24, 2.45) is 0 Å². The zero-order valence-electron chi connectivity index (χ0n) is 11.6. The second-order valence-electron chi connectivity index (χ2n) is 5.05. The van der Waals surface area contributed by atoms with Crippen molar-refractivity contribution in [1.82, 2.24) is 4.90 Å². The molecule has 106 valence electrons. The Morgan fingerprint density at radius 2 is 2.20 bits per heavy atom. The van der Waals surface area contributed by atoms with Crippen molar-refractivity contribution < 1.29 is 14.6 Å². The first-order chi connectivity index (χ1) is 9.63. The molecule has 1 amide bonds. The Hall–Kier alpha value is -1.83. The number of aliphatic hydroxyl groups is 1. The predicted molar refractivity (Wildman–Crippen MR) is 75.7 cm³/mol. The van der Waals surface area contributed by atoms with Crippen LogP contribution in [0, 0.1) is 11.8 Å². The summed E-state index contributed by atoms with van der Waals surface area (Å²) in [6.45, 7) is 3.12. The zero-order valence-corrected chi connectivity index (χ0v) is 11.6. The highest BCUT2D eigenvalue weighted by molar-refractivity contribution is 5.93. The molecule has 1 fully saturated rings. The number of nitrogens with zero attached hydrogens (tertiary/aromatic N) is 1. The van der Waals surface area contributed by atoms with E-state index in [9.17, 15) is 9.90 Å². The first-order valence-electron chi connectivity index (χ1n) is 6.69. The molecule has 4 heteroatoms. The van der Waals surface area contributed by atoms with Crippen molar-refractivity contribution in [3.8, 4) is 11.8 Å². The Balaban J connectivity index is 2.11. The van der Waals surface area contributed by atoms with E-state index in [4.69, 9.17) is 4.74 Å². The van der Waals surface area contributed by atoms with Gasteiger partial charge in [-0.1, -0.05) is 36.3 Å². The summed E-state index contributed by atoms with van der Waals surface area (Å²) in [6, 6.07) is 9.69. The first kappa shape index (κ1) is 14.6. The predicted octanol–water partition coefficient (Wildman–Crippen LogP) is 1.19. The first-order valence-corrected chi connectivity index (χ1v) is 6.69. The quantitative estimate of drug-likeness (QED) is 0.838. The minimum absolute atomic E-state index is 0.245. The van der Waals surface area contributed by atoms with Crippen molar-refractivity contribution in [3.63, 3.8) is 0 Å². The van der Waals surface area contributed by atoms with Gasteiger partial charge >= 0.3 is 0 Å². The fourth-order valence-corrected chi connectivity index (χ4v) is 2.27. The molecule has 0 radical (unpaired) electrons. The van der Waals surface area contributed by atoms with Gasteiger partial charge in [0.1, 0.15) is 5.60 Å². The Morgan fingerprint density at radius 3 is 2.80 bits per heavy atom. The highest BCUT2D eigenvalue weighted by Gasteiger charge is 2.35. The fraction of sp³-hybridized carbons (Fsp3) is 0.438. The summed E-state index contributed by atoms with van der Waals surface area (Å²) in [6.07, 6.45) is 0.547. The Labute approximate surface area is 119 Å². The summed E-state index contributed by atoms with van der Waals surface area (Å²) < 4.78 is 5.23. The maximum atomic E-state index is 12.1. The number of rotatable bonds is 4. The zero-order chi connectivity index (χ0) is 14.4. The van der Waals surface area contributed by atoms with Gasteiger partial charge in [-0.15, -0.1) is 0 Å². The molecule has 1 aliphatic rings. The van der Waals surface area contributed by atoms with Crippen LogP contribution in [-0.4, -0.2) is 41.3 Å². The largest absolute Gasteiger partial charge is 0.386 e. The van der Waals surface area contributed by atoms with Crippen LogP contribution in [0.25, 0.3) is 0 Å². The van der Waals surface area contributed by atoms with Crippen molar-refractivity contribution in [2.75, 3.05) is 19.8 Å². The average molecular weight is 273 g/mol. The van der Waals surface area contributed by atoms with Crippen LogP contribution in [0.3, 0.4) is 0 Å². The molecule has 0 spiro atoms. The second-order valence-corrected chi connectivity index (χ2v) is 5.05. The fourth-order valence-electron chi connectivity index (χ4n) is 2.27. The Kier molecular flexibility index (Phi) is 4.78. The van der Waals surface area contributed by atoms with Crippen molar-refractivity contribution in [1.29, 1.82) is 0 Å². The SMILES string of the molecule is CC#CC(=O)N(Cc1ccccc1)CC1(O)CCOC1. The number of benzene rings is 1. The number of amides is 1. The van der Waals surface area contributed by atoms with Gasteiger partial charge in [0.15, 0.2) is 0 Å². The summed E-state index contributed by atoms with van der Waals surface area (Å²) in [7, 11) is 0. The lowest BCUT2D eigenvalue weighted by atomic mass is 10.0. The molecule has 1 N–H and O–H groups in total. The van der Waals surface area contributed by atoms with Crippen molar-refractivity contribution >= 4 is 5.91 Å². The lowest BCUT2D eigenvalue weighted by molar-refractivity contribution is -0.129. The van der Waals surface area contributed by atoms with Gasteiger partial charge < -0.3 is 14.7 Å². The van der Waals surface area contributed by atoms with Crippen LogP contribution in [0.5, 0.6) is 0 Å². The van der Waals surface area contributed by atoms with Gasteiger partial charge in [0.25, 0.3) is 5.91 Å². The van der Waals surface area contributed by atoms with Crippen LogP contribution in [0.15, 0.2) is 30.3 Å². The molecule has 1 aliphatic heterocycles. The highest BCUT2D eigenvalue weighted by atomic mass is 16.5. The van der Waals surface area contributed by atoms with Crippen LogP contribution in [0.4, 0.5) is 0 Å². The third kappa shape index (κ3) is 3.83. The van der Waals surface area contributed by atoms with E-state index in [1.807, 2.05) is 30.3 Å². The molecule has 2 rings (SSSR count). The lowest BCUT2D eigenvalue weighted by Gasteiger charge is -2.29. The minimum Gasteiger partial charge on any atom is -0.386 e. The second kappa shape index (κ2) is 6.56. The van der Waals surface area contributed by atoms with E-state index in [0.29, 0.717) is 19.6 Å². The van der Waals surface area contributed by atoms with E-state index in [2.05, 4.69) is 11.8 Å². The number of hydrogen-bond acceptors (Lipinski definition) is 3. The number of ether oxygens (including phenoxy) is 1. The van der Waals surface area contributed by atoms with E-state index < -0.39 is 5.60 Å². The average Bonchev–Trinajstić information content (AvgIpc) is 2.86. The van der Waals surface area contributed by atoms with Crippen molar-refractivity contribution in [3.05, 3.63) is 35.9 Å². The summed E-state index contributed by atoms with van der Waals surface area (Å²) in [4.78, 5) is 13.7. The van der Waals surface area contributed by atoms with E-state index in [0.717, 1.165) is 5.56 Å². The van der Waals surface area contributed by atoms with Crippen LogP contribution in [0.2, 0.25) is 0 Å². The highest BCUT2D eigenvalue weighted by Crippen LogP contribution is 2.20. The third-order valence-corrected chi connectivity index (χ3v) is 3.30. The van der Waals surface area contributed by atoms with E-state index in [-0.39, 0.29) is 19.1 Å². The maximum absolute atomic E-state index is 12.1. The normalized spacial score (nSPS) is 21.1. The molecule has 1 aromatic rings. The molecule has 20 heavy (non-hydrogen) atoms. The molecule has 1 aromatic carbocycles. The number of carbonyl (C=O) groups excluding carboxylic acids is 1. The molecule has 1 unspecified atom stereocenters. The molecule has 1 saturated heterocycles. The van der Waals surface area contributed by atoms with Crippen LogP contribution in [-0.2, 0) is 16.1 Å². The topological polar surface area (TPSA) is 49.8 Å². The lowest BCUT2D eigenvalue weighted by Crippen LogP contribution is -2.45. The van der Waals surface area contributed by atoms with Gasteiger partial charge in [0.05, 0.1) is 13.2 Å². The van der Waals surface area contributed by atoms with Gasteiger partial charge in [0.2, 0.25) is 0 Å². The minimum atomic E-state index is -0.958. The smallest absolute Gasteiger partial charge is 0.298 e. The third-order valence-electron chi connectivity index (χ3n) is 3.30.